The van der Waals surface area contributed by atoms with E-state index >= 15 is 0 Å². The lowest BCUT2D eigenvalue weighted by Gasteiger charge is -2.47. The van der Waals surface area contributed by atoms with Crippen LogP contribution in [0.3, 0.4) is 0 Å². The summed E-state index contributed by atoms with van der Waals surface area (Å²) in [4.78, 5) is 14.4. The highest BCUT2D eigenvalue weighted by molar-refractivity contribution is 5.84. The lowest BCUT2D eigenvalue weighted by molar-refractivity contribution is -0.123. The summed E-state index contributed by atoms with van der Waals surface area (Å²) in [6.07, 6.45) is 2.78. The molecular weight excluding hydrogens is 378 g/mol. The van der Waals surface area contributed by atoms with Gasteiger partial charge in [-0.15, -0.1) is 0 Å². The molecule has 1 atom stereocenters. The van der Waals surface area contributed by atoms with Crippen molar-refractivity contribution in [2.24, 2.45) is 5.10 Å². The zero-order valence-corrected chi connectivity index (χ0v) is 18.4. The fourth-order valence-electron chi connectivity index (χ4n) is 4.22. The number of hydrogen-bond acceptors (Lipinski definition) is 5. The van der Waals surface area contributed by atoms with Crippen molar-refractivity contribution in [2.75, 3.05) is 25.2 Å². The third-order valence-corrected chi connectivity index (χ3v) is 5.56. The van der Waals surface area contributed by atoms with Crippen LogP contribution in [-0.4, -0.2) is 37.9 Å². The molecular formula is C24H31N3O3. The third-order valence-electron chi connectivity index (χ3n) is 5.56. The smallest absolute Gasteiger partial charge is 0.277 e. The van der Waals surface area contributed by atoms with Crippen LogP contribution in [0.5, 0.6) is 11.5 Å². The van der Waals surface area contributed by atoms with Gasteiger partial charge in [-0.05, 0) is 80.6 Å². The van der Waals surface area contributed by atoms with Gasteiger partial charge in [0.15, 0.2) is 6.61 Å². The number of rotatable bonds is 7. The summed E-state index contributed by atoms with van der Waals surface area (Å²) in [7, 11) is 1.60. The Morgan fingerprint density at radius 1 is 1.23 bits per heavy atom. The van der Waals surface area contributed by atoms with Gasteiger partial charge in [0.2, 0.25) is 0 Å². The van der Waals surface area contributed by atoms with Crippen molar-refractivity contribution in [3.63, 3.8) is 0 Å². The Bertz CT molecular complexity index is 906. The number of methoxy groups -OCH3 is 1. The van der Waals surface area contributed by atoms with E-state index in [2.05, 4.69) is 55.3 Å². The molecule has 6 nitrogen and oxygen atoms in total. The van der Waals surface area contributed by atoms with Gasteiger partial charge in [0.25, 0.3) is 5.91 Å². The predicted molar refractivity (Wildman–Crippen MR) is 121 cm³/mol. The summed E-state index contributed by atoms with van der Waals surface area (Å²) in [5.41, 5.74) is 6.25. The Morgan fingerprint density at radius 2 is 1.93 bits per heavy atom. The van der Waals surface area contributed by atoms with Crippen LogP contribution in [0.2, 0.25) is 0 Å². The quantitative estimate of drug-likeness (QED) is 0.546. The average molecular weight is 410 g/mol. The molecule has 1 N–H and O–H groups in total. The van der Waals surface area contributed by atoms with Gasteiger partial charge in [0, 0.05) is 17.8 Å². The molecule has 0 saturated carbocycles. The van der Waals surface area contributed by atoms with Gasteiger partial charge in [0.1, 0.15) is 11.5 Å². The van der Waals surface area contributed by atoms with Crippen LogP contribution in [0.25, 0.3) is 0 Å². The molecule has 1 aliphatic rings. The molecule has 2 aromatic carbocycles. The van der Waals surface area contributed by atoms with E-state index in [0.29, 0.717) is 11.7 Å². The fraction of sp³-hybridized carbons (Fsp3) is 0.417. The highest BCUT2D eigenvalue weighted by Gasteiger charge is 2.35. The maximum atomic E-state index is 12.0. The standard InChI is InChI=1S/C24H31N3O3/c1-6-27-22-12-7-18(13-21(22)17(2)14-24(27,3)4)15-25-26-23(28)16-30-20-10-8-19(29-5)9-11-20/h7-13,15,17H,6,14,16H2,1-5H3,(H,26,28)/b25-15+. The molecule has 0 spiro atoms. The second-order valence-corrected chi connectivity index (χ2v) is 8.24. The molecule has 160 valence electrons. The van der Waals surface area contributed by atoms with Gasteiger partial charge in [-0.2, -0.15) is 5.10 Å². The van der Waals surface area contributed by atoms with Crippen molar-refractivity contribution in [2.45, 2.75) is 45.6 Å². The van der Waals surface area contributed by atoms with E-state index in [1.807, 2.05) is 6.07 Å². The van der Waals surface area contributed by atoms with Crippen LogP contribution in [0.4, 0.5) is 5.69 Å². The molecule has 1 amide bonds. The minimum atomic E-state index is -0.313. The van der Waals surface area contributed by atoms with E-state index in [4.69, 9.17) is 9.47 Å². The summed E-state index contributed by atoms with van der Waals surface area (Å²) in [5, 5.41) is 4.08. The van der Waals surface area contributed by atoms with Gasteiger partial charge in [0.05, 0.1) is 13.3 Å². The van der Waals surface area contributed by atoms with E-state index in [9.17, 15) is 4.79 Å². The Hall–Kier alpha value is -3.02. The molecule has 0 aromatic heterocycles. The first-order valence-electron chi connectivity index (χ1n) is 10.3. The Labute approximate surface area is 178 Å². The second-order valence-electron chi connectivity index (χ2n) is 8.24. The highest BCUT2D eigenvalue weighted by Crippen LogP contribution is 2.43. The lowest BCUT2D eigenvalue weighted by atomic mass is 9.79. The number of nitrogens with one attached hydrogen (secondary N) is 1. The van der Waals surface area contributed by atoms with E-state index < -0.39 is 0 Å². The first-order chi connectivity index (χ1) is 14.3. The minimum Gasteiger partial charge on any atom is -0.497 e. The van der Waals surface area contributed by atoms with E-state index in [-0.39, 0.29) is 18.1 Å². The summed E-state index contributed by atoms with van der Waals surface area (Å²) in [5.74, 6) is 1.49. The number of hydrogen-bond donors (Lipinski definition) is 1. The maximum absolute atomic E-state index is 12.0. The molecule has 0 saturated heterocycles. The van der Waals surface area contributed by atoms with Gasteiger partial charge < -0.3 is 14.4 Å². The molecule has 0 aliphatic carbocycles. The average Bonchev–Trinajstić information content (AvgIpc) is 2.72. The normalized spacial score (nSPS) is 17.5. The maximum Gasteiger partial charge on any atom is 0.277 e. The molecule has 2 aromatic rings. The Kier molecular flexibility index (Phi) is 6.65. The number of benzene rings is 2. The summed E-state index contributed by atoms with van der Waals surface area (Å²) in [6, 6.07) is 13.4. The van der Waals surface area contributed by atoms with E-state index in [1.165, 1.54) is 11.3 Å². The molecule has 1 unspecified atom stereocenters. The molecule has 6 heteroatoms. The number of ether oxygens (including phenoxy) is 2. The van der Waals surface area contributed by atoms with E-state index in [1.54, 1.807) is 37.6 Å². The van der Waals surface area contributed by atoms with Crippen LogP contribution in [0, 0.1) is 0 Å². The lowest BCUT2D eigenvalue weighted by Crippen LogP contribution is -2.48. The van der Waals surface area contributed by atoms with Gasteiger partial charge in [-0.1, -0.05) is 13.0 Å². The molecule has 0 radical (unpaired) electrons. The molecule has 0 bridgehead atoms. The SMILES string of the molecule is CCN1c2ccc(/C=N/NC(=O)COc3ccc(OC)cc3)cc2C(C)CC1(C)C. The highest BCUT2D eigenvalue weighted by atomic mass is 16.5. The second kappa shape index (κ2) is 9.20. The van der Waals surface area contributed by atoms with Crippen LogP contribution in [0.1, 0.15) is 51.2 Å². The first kappa shape index (κ1) is 21.7. The van der Waals surface area contributed by atoms with Crippen molar-refractivity contribution in [1.82, 2.24) is 5.43 Å². The van der Waals surface area contributed by atoms with E-state index in [0.717, 1.165) is 24.3 Å². The number of anilines is 1. The number of fused-ring (bicyclic) bond motifs is 1. The molecule has 3 rings (SSSR count). The van der Waals surface area contributed by atoms with Gasteiger partial charge >= 0.3 is 0 Å². The van der Waals surface area contributed by atoms with Crippen molar-refractivity contribution >= 4 is 17.8 Å². The van der Waals surface area contributed by atoms with Gasteiger partial charge in [-0.25, -0.2) is 5.43 Å². The zero-order chi connectivity index (χ0) is 21.7. The first-order valence-corrected chi connectivity index (χ1v) is 10.3. The molecule has 1 heterocycles. The van der Waals surface area contributed by atoms with Crippen molar-refractivity contribution in [3.8, 4) is 11.5 Å². The van der Waals surface area contributed by atoms with Crippen LogP contribution in [0.15, 0.2) is 47.6 Å². The number of amides is 1. The van der Waals surface area contributed by atoms with Crippen molar-refractivity contribution in [3.05, 3.63) is 53.6 Å². The zero-order valence-electron chi connectivity index (χ0n) is 18.4. The summed E-state index contributed by atoms with van der Waals surface area (Å²) in [6.45, 7) is 9.94. The number of carbonyl (C=O) groups is 1. The van der Waals surface area contributed by atoms with Crippen LogP contribution < -0.4 is 19.8 Å². The third kappa shape index (κ3) is 4.93. The number of carbonyl (C=O) groups excluding carboxylic acids is 1. The minimum absolute atomic E-state index is 0.106. The van der Waals surface area contributed by atoms with Crippen LogP contribution >= 0.6 is 0 Å². The monoisotopic (exact) mass is 409 g/mol. The fourth-order valence-corrected chi connectivity index (χ4v) is 4.22. The topological polar surface area (TPSA) is 63.2 Å². The Morgan fingerprint density at radius 3 is 2.60 bits per heavy atom. The molecule has 0 fully saturated rings. The molecule has 30 heavy (non-hydrogen) atoms. The Balaban J connectivity index is 1.58. The summed E-state index contributed by atoms with van der Waals surface area (Å²) < 4.78 is 10.6. The number of hydrazone groups is 1. The predicted octanol–water partition coefficient (Wildman–Crippen LogP) is 4.34. The number of nitrogens with zero attached hydrogens (tertiary/aromatic N) is 2. The largest absolute Gasteiger partial charge is 0.497 e. The summed E-state index contributed by atoms with van der Waals surface area (Å²) >= 11 is 0. The van der Waals surface area contributed by atoms with Crippen molar-refractivity contribution in [1.29, 1.82) is 0 Å². The van der Waals surface area contributed by atoms with Crippen molar-refractivity contribution < 1.29 is 14.3 Å². The van der Waals surface area contributed by atoms with Gasteiger partial charge in [-0.3, -0.25) is 4.79 Å². The molecule has 1 aliphatic heterocycles. The van der Waals surface area contributed by atoms with Crippen LogP contribution in [-0.2, 0) is 4.79 Å².